The van der Waals surface area contributed by atoms with Gasteiger partial charge < -0.3 is 5.32 Å². The van der Waals surface area contributed by atoms with Crippen LogP contribution in [0, 0.1) is 11.7 Å². The first-order valence-electron chi connectivity index (χ1n) is 7.24. The average Bonchev–Trinajstić information content (AvgIpc) is 2.48. The molecule has 2 aromatic carbocycles. The van der Waals surface area contributed by atoms with E-state index in [1.807, 2.05) is 18.2 Å². The number of halogens is 1. The molecule has 0 aliphatic heterocycles. The van der Waals surface area contributed by atoms with Crippen molar-refractivity contribution in [1.29, 1.82) is 0 Å². The summed E-state index contributed by atoms with van der Waals surface area (Å²) >= 11 is 0. The fourth-order valence-electron chi connectivity index (χ4n) is 2.66. The van der Waals surface area contributed by atoms with Crippen LogP contribution >= 0.6 is 0 Å². The first-order chi connectivity index (χ1) is 9.72. The molecule has 2 atom stereocenters. The molecule has 0 saturated heterocycles. The highest BCUT2D eigenvalue weighted by Crippen LogP contribution is 2.25. The maximum Gasteiger partial charge on any atom is 0.126 e. The van der Waals surface area contributed by atoms with Gasteiger partial charge in [0.2, 0.25) is 0 Å². The molecule has 2 aromatic rings. The summed E-state index contributed by atoms with van der Waals surface area (Å²) in [6.07, 6.45) is 0.735. The molecule has 2 unspecified atom stereocenters. The van der Waals surface area contributed by atoms with E-state index in [9.17, 15) is 4.39 Å². The minimum Gasteiger partial charge on any atom is -0.310 e. The topological polar surface area (TPSA) is 12.0 Å². The van der Waals surface area contributed by atoms with Gasteiger partial charge in [0.25, 0.3) is 0 Å². The molecule has 0 saturated carbocycles. The van der Waals surface area contributed by atoms with Crippen LogP contribution in [0.1, 0.15) is 31.0 Å². The van der Waals surface area contributed by atoms with Crippen LogP contribution < -0.4 is 5.32 Å². The second-order valence-corrected chi connectivity index (χ2v) is 5.22. The van der Waals surface area contributed by atoms with E-state index in [1.165, 1.54) is 11.6 Å². The van der Waals surface area contributed by atoms with Gasteiger partial charge in [0.05, 0.1) is 0 Å². The summed E-state index contributed by atoms with van der Waals surface area (Å²) in [7, 11) is 0. The van der Waals surface area contributed by atoms with Crippen molar-refractivity contribution >= 4 is 0 Å². The zero-order valence-corrected chi connectivity index (χ0v) is 12.1. The highest BCUT2D eigenvalue weighted by molar-refractivity contribution is 5.22. The van der Waals surface area contributed by atoms with E-state index in [1.54, 1.807) is 6.07 Å². The van der Waals surface area contributed by atoms with Gasteiger partial charge in [-0.15, -0.1) is 0 Å². The first kappa shape index (κ1) is 14.7. The normalized spacial score (nSPS) is 13.9. The third-order valence-electron chi connectivity index (χ3n) is 3.65. The SMILES string of the molecule is CCNC(c1ccccc1)C(C)Cc1ccccc1F. The Labute approximate surface area is 120 Å². The van der Waals surface area contributed by atoms with E-state index >= 15 is 0 Å². The second kappa shape index (κ2) is 7.20. The molecule has 0 bridgehead atoms. The van der Waals surface area contributed by atoms with Gasteiger partial charge in [-0.25, -0.2) is 4.39 Å². The lowest BCUT2D eigenvalue weighted by Crippen LogP contribution is -2.28. The van der Waals surface area contributed by atoms with Crippen molar-refractivity contribution in [3.63, 3.8) is 0 Å². The maximum absolute atomic E-state index is 13.8. The Hall–Kier alpha value is -1.67. The third-order valence-corrected chi connectivity index (χ3v) is 3.65. The summed E-state index contributed by atoms with van der Waals surface area (Å²) < 4.78 is 13.8. The van der Waals surface area contributed by atoms with Gasteiger partial charge >= 0.3 is 0 Å². The van der Waals surface area contributed by atoms with Crippen LogP contribution in [0.25, 0.3) is 0 Å². The van der Waals surface area contributed by atoms with Gasteiger partial charge in [0.1, 0.15) is 5.82 Å². The van der Waals surface area contributed by atoms with Crippen molar-refractivity contribution in [3.05, 3.63) is 71.5 Å². The van der Waals surface area contributed by atoms with Crippen LogP contribution in [-0.4, -0.2) is 6.54 Å². The Balaban J connectivity index is 2.16. The van der Waals surface area contributed by atoms with Gasteiger partial charge in [0.15, 0.2) is 0 Å². The fourth-order valence-corrected chi connectivity index (χ4v) is 2.66. The number of rotatable bonds is 6. The number of hydrogen-bond acceptors (Lipinski definition) is 1. The molecule has 1 N–H and O–H groups in total. The lowest BCUT2D eigenvalue weighted by Gasteiger charge is -2.25. The molecule has 2 heteroatoms. The van der Waals surface area contributed by atoms with Crippen LogP contribution in [0.3, 0.4) is 0 Å². The number of benzene rings is 2. The maximum atomic E-state index is 13.8. The summed E-state index contributed by atoms with van der Waals surface area (Å²) in [6, 6.07) is 17.7. The molecular formula is C18H22FN. The van der Waals surface area contributed by atoms with Gasteiger partial charge in [-0.05, 0) is 36.1 Å². The Morgan fingerprint density at radius 1 is 1.00 bits per heavy atom. The van der Waals surface area contributed by atoms with Crippen molar-refractivity contribution < 1.29 is 4.39 Å². The average molecular weight is 271 g/mol. The molecule has 20 heavy (non-hydrogen) atoms. The molecular weight excluding hydrogens is 249 g/mol. The third kappa shape index (κ3) is 3.67. The van der Waals surface area contributed by atoms with E-state index in [-0.39, 0.29) is 11.9 Å². The van der Waals surface area contributed by atoms with Crippen molar-refractivity contribution in [2.45, 2.75) is 26.3 Å². The Kier molecular flexibility index (Phi) is 5.31. The molecule has 0 spiro atoms. The molecule has 0 heterocycles. The summed E-state index contributed by atoms with van der Waals surface area (Å²) in [5.41, 5.74) is 2.05. The monoisotopic (exact) mass is 271 g/mol. The number of nitrogens with one attached hydrogen (secondary N) is 1. The molecule has 2 rings (SSSR count). The predicted molar refractivity (Wildman–Crippen MR) is 82.1 cm³/mol. The lowest BCUT2D eigenvalue weighted by molar-refractivity contribution is 0.387. The van der Waals surface area contributed by atoms with E-state index in [0.717, 1.165) is 18.5 Å². The van der Waals surface area contributed by atoms with E-state index in [4.69, 9.17) is 0 Å². The highest BCUT2D eigenvalue weighted by atomic mass is 19.1. The molecule has 106 valence electrons. The van der Waals surface area contributed by atoms with Crippen molar-refractivity contribution in [1.82, 2.24) is 5.32 Å². The summed E-state index contributed by atoms with van der Waals surface area (Å²) in [4.78, 5) is 0. The standard InChI is InChI=1S/C18H22FN/c1-3-20-18(15-9-5-4-6-10-15)14(2)13-16-11-7-8-12-17(16)19/h4-12,14,18,20H,3,13H2,1-2H3. The van der Waals surface area contributed by atoms with Crippen LogP contribution in [0.2, 0.25) is 0 Å². The van der Waals surface area contributed by atoms with Crippen LogP contribution in [0.4, 0.5) is 4.39 Å². The summed E-state index contributed by atoms with van der Waals surface area (Å²) in [5, 5.41) is 3.52. The van der Waals surface area contributed by atoms with Crippen molar-refractivity contribution in [3.8, 4) is 0 Å². The van der Waals surface area contributed by atoms with Gasteiger partial charge in [-0.1, -0.05) is 62.4 Å². The molecule has 0 aliphatic carbocycles. The smallest absolute Gasteiger partial charge is 0.126 e. The van der Waals surface area contributed by atoms with E-state index < -0.39 is 0 Å². The predicted octanol–water partition coefficient (Wildman–Crippen LogP) is 4.36. The van der Waals surface area contributed by atoms with E-state index in [2.05, 4.69) is 43.4 Å². The highest BCUT2D eigenvalue weighted by Gasteiger charge is 2.19. The van der Waals surface area contributed by atoms with Crippen LogP contribution in [0.15, 0.2) is 54.6 Å². The molecule has 0 aromatic heterocycles. The first-order valence-corrected chi connectivity index (χ1v) is 7.24. The van der Waals surface area contributed by atoms with Gasteiger partial charge in [-0.3, -0.25) is 0 Å². The molecule has 1 nitrogen and oxygen atoms in total. The largest absolute Gasteiger partial charge is 0.310 e. The zero-order chi connectivity index (χ0) is 14.4. The lowest BCUT2D eigenvalue weighted by atomic mass is 9.89. The van der Waals surface area contributed by atoms with Crippen molar-refractivity contribution in [2.24, 2.45) is 5.92 Å². The molecule has 0 amide bonds. The summed E-state index contributed by atoms with van der Waals surface area (Å²) in [5.74, 6) is 0.219. The van der Waals surface area contributed by atoms with Crippen LogP contribution in [-0.2, 0) is 6.42 Å². The van der Waals surface area contributed by atoms with Crippen LogP contribution in [0.5, 0.6) is 0 Å². The van der Waals surface area contributed by atoms with Crippen molar-refractivity contribution in [2.75, 3.05) is 6.54 Å². The Morgan fingerprint density at radius 3 is 2.30 bits per heavy atom. The number of hydrogen-bond donors (Lipinski definition) is 1. The van der Waals surface area contributed by atoms with E-state index in [0.29, 0.717) is 5.92 Å². The Bertz CT molecular complexity index is 524. The minimum absolute atomic E-state index is 0.109. The minimum atomic E-state index is -0.109. The second-order valence-electron chi connectivity index (χ2n) is 5.22. The van der Waals surface area contributed by atoms with Gasteiger partial charge in [-0.2, -0.15) is 0 Å². The zero-order valence-electron chi connectivity index (χ0n) is 12.1. The van der Waals surface area contributed by atoms with Gasteiger partial charge in [0, 0.05) is 6.04 Å². The fraction of sp³-hybridized carbons (Fsp3) is 0.333. The Morgan fingerprint density at radius 2 is 1.65 bits per heavy atom. The molecule has 0 fully saturated rings. The quantitative estimate of drug-likeness (QED) is 0.823. The molecule has 0 radical (unpaired) electrons. The summed E-state index contributed by atoms with van der Waals surface area (Å²) in [6.45, 7) is 5.18. The molecule has 0 aliphatic rings.